The topological polar surface area (TPSA) is 87.7 Å². The average Bonchev–Trinajstić information content (AvgIpc) is 3.23. The number of aliphatic hydroxyl groups excluding tert-OH is 1. The maximum atomic E-state index is 12.9. The highest BCUT2D eigenvalue weighted by molar-refractivity contribution is 6.34. The zero-order chi connectivity index (χ0) is 23.9. The van der Waals surface area contributed by atoms with Gasteiger partial charge in [-0.3, -0.25) is 13.9 Å². The molecule has 3 aromatic rings. The molecule has 0 bridgehead atoms. The molecular formula is C25H28ClN3O4. The van der Waals surface area contributed by atoms with Crippen LogP contribution >= 0.6 is 11.6 Å². The van der Waals surface area contributed by atoms with Gasteiger partial charge in [-0.2, -0.15) is 0 Å². The van der Waals surface area contributed by atoms with Gasteiger partial charge in [0.05, 0.1) is 23.3 Å². The molecule has 0 unspecified atom stereocenters. The Morgan fingerprint density at radius 3 is 2.39 bits per heavy atom. The molecule has 8 heteroatoms. The molecule has 4 rings (SSSR count). The van der Waals surface area contributed by atoms with E-state index in [2.05, 4.69) is 0 Å². The third-order valence-electron chi connectivity index (χ3n) is 6.06. The summed E-state index contributed by atoms with van der Waals surface area (Å²) < 4.78 is 2.79. The zero-order valence-corrected chi connectivity index (χ0v) is 19.8. The van der Waals surface area contributed by atoms with E-state index in [1.165, 1.54) is 15.3 Å². The van der Waals surface area contributed by atoms with Crippen molar-refractivity contribution in [1.82, 2.24) is 14.0 Å². The highest BCUT2D eigenvalue weighted by atomic mass is 35.5. The number of aromatic nitrogens is 2. The molecule has 2 heterocycles. The molecule has 2 N–H and O–H groups in total. The van der Waals surface area contributed by atoms with Crippen molar-refractivity contribution in [2.24, 2.45) is 5.41 Å². The fraction of sp³-hybridized carbons (Fsp3) is 0.360. The number of aliphatic hydroxyl groups is 1. The Kier molecular flexibility index (Phi) is 6.12. The van der Waals surface area contributed by atoms with Crippen molar-refractivity contribution in [2.45, 2.75) is 40.4 Å². The van der Waals surface area contributed by atoms with Gasteiger partial charge in [0.15, 0.2) is 0 Å². The van der Waals surface area contributed by atoms with E-state index in [-0.39, 0.29) is 29.5 Å². The van der Waals surface area contributed by atoms with Crippen molar-refractivity contribution in [1.29, 1.82) is 0 Å². The van der Waals surface area contributed by atoms with Crippen molar-refractivity contribution in [3.8, 4) is 17.0 Å². The minimum absolute atomic E-state index is 0.00658. The Hall–Kier alpha value is -3.03. The number of benzene rings is 2. The van der Waals surface area contributed by atoms with Crippen LogP contribution in [0.3, 0.4) is 0 Å². The van der Waals surface area contributed by atoms with E-state index in [0.717, 1.165) is 22.3 Å². The molecule has 0 atom stereocenters. The maximum absolute atomic E-state index is 12.9. The van der Waals surface area contributed by atoms with Crippen LogP contribution in [-0.2, 0) is 19.6 Å². The standard InChI is InChI=1S/C25H28ClN3O4/c1-4-29-21(31)13-27(24(29)33)11-16-5-7-17(8-6-16)18-9-19-12-28(14-25(2,3)15-30)23(32)22(19)20(26)10-18/h5-10,13,30-31H,4,11-12,14-15H2,1-3H3. The summed E-state index contributed by atoms with van der Waals surface area (Å²) >= 11 is 6.52. The molecule has 1 amide bonds. The van der Waals surface area contributed by atoms with Crippen LogP contribution in [-0.4, -0.2) is 43.3 Å². The first-order valence-electron chi connectivity index (χ1n) is 10.9. The van der Waals surface area contributed by atoms with Crippen LogP contribution in [0.15, 0.2) is 47.4 Å². The number of aromatic hydroxyl groups is 1. The lowest BCUT2D eigenvalue weighted by atomic mass is 9.94. The molecule has 0 aliphatic carbocycles. The molecule has 33 heavy (non-hydrogen) atoms. The highest BCUT2D eigenvalue weighted by Crippen LogP contribution is 2.35. The molecule has 0 radical (unpaired) electrons. The quantitative estimate of drug-likeness (QED) is 0.552. The summed E-state index contributed by atoms with van der Waals surface area (Å²) in [5, 5.41) is 19.9. The van der Waals surface area contributed by atoms with Gasteiger partial charge in [-0.1, -0.05) is 49.7 Å². The number of hydrogen-bond donors (Lipinski definition) is 2. The average molecular weight is 470 g/mol. The van der Waals surface area contributed by atoms with Crippen molar-refractivity contribution in [2.75, 3.05) is 13.2 Å². The highest BCUT2D eigenvalue weighted by Gasteiger charge is 2.33. The van der Waals surface area contributed by atoms with Crippen molar-refractivity contribution < 1.29 is 15.0 Å². The Bertz CT molecular complexity index is 1260. The molecule has 0 saturated carbocycles. The molecule has 174 valence electrons. The molecule has 1 aliphatic heterocycles. The Balaban J connectivity index is 1.56. The first kappa shape index (κ1) is 23.1. The lowest BCUT2D eigenvalue weighted by molar-refractivity contribution is 0.0625. The molecule has 1 aromatic heterocycles. The van der Waals surface area contributed by atoms with Gasteiger partial charge in [0.1, 0.15) is 0 Å². The van der Waals surface area contributed by atoms with Crippen molar-refractivity contribution >= 4 is 17.5 Å². The number of fused-ring (bicyclic) bond motifs is 1. The van der Waals surface area contributed by atoms with Gasteiger partial charge in [-0.25, -0.2) is 4.79 Å². The number of halogens is 1. The Labute approximate surface area is 197 Å². The monoisotopic (exact) mass is 469 g/mol. The normalized spacial score (nSPS) is 13.6. The summed E-state index contributed by atoms with van der Waals surface area (Å²) in [5.74, 6) is -0.149. The predicted octanol–water partition coefficient (Wildman–Crippen LogP) is 3.72. The number of nitrogens with zero attached hydrogens (tertiary/aromatic N) is 3. The molecule has 7 nitrogen and oxygen atoms in total. The van der Waals surface area contributed by atoms with E-state index in [1.54, 1.807) is 11.0 Å². The molecular weight excluding hydrogens is 442 g/mol. The minimum Gasteiger partial charge on any atom is -0.493 e. The van der Waals surface area contributed by atoms with Gasteiger partial charge in [-0.15, -0.1) is 0 Å². The van der Waals surface area contributed by atoms with Crippen LogP contribution < -0.4 is 5.69 Å². The molecule has 0 fully saturated rings. The minimum atomic E-state index is -0.389. The number of carbonyl (C=O) groups is 1. The van der Waals surface area contributed by atoms with Crippen LogP contribution in [0.4, 0.5) is 0 Å². The van der Waals surface area contributed by atoms with Gasteiger partial charge in [-0.05, 0) is 41.3 Å². The molecule has 2 aromatic carbocycles. The smallest absolute Gasteiger partial charge is 0.331 e. The van der Waals surface area contributed by atoms with Gasteiger partial charge in [0.25, 0.3) is 5.91 Å². The molecule has 1 aliphatic rings. The summed E-state index contributed by atoms with van der Waals surface area (Å²) in [6, 6.07) is 11.6. The van der Waals surface area contributed by atoms with Crippen molar-refractivity contribution in [3.05, 3.63) is 74.8 Å². The summed E-state index contributed by atoms with van der Waals surface area (Å²) in [4.78, 5) is 26.9. The second-order valence-electron chi connectivity index (χ2n) is 9.31. The first-order valence-corrected chi connectivity index (χ1v) is 11.3. The van der Waals surface area contributed by atoms with Crippen LogP contribution in [0.5, 0.6) is 5.88 Å². The van der Waals surface area contributed by atoms with Crippen LogP contribution in [0.1, 0.15) is 42.3 Å². The number of amides is 1. The Morgan fingerprint density at radius 2 is 1.79 bits per heavy atom. The van der Waals surface area contributed by atoms with E-state index >= 15 is 0 Å². The Morgan fingerprint density at radius 1 is 1.09 bits per heavy atom. The summed E-state index contributed by atoms with van der Waals surface area (Å²) in [6.07, 6.45) is 1.45. The summed E-state index contributed by atoms with van der Waals surface area (Å²) in [7, 11) is 0. The molecule has 0 saturated heterocycles. The van der Waals surface area contributed by atoms with E-state index < -0.39 is 0 Å². The third kappa shape index (κ3) is 4.43. The lowest BCUT2D eigenvalue weighted by Gasteiger charge is -2.28. The third-order valence-corrected chi connectivity index (χ3v) is 6.36. The van der Waals surface area contributed by atoms with Gasteiger partial charge < -0.3 is 15.1 Å². The van der Waals surface area contributed by atoms with Gasteiger partial charge in [0, 0.05) is 31.7 Å². The summed E-state index contributed by atoms with van der Waals surface area (Å²) in [5.41, 5.74) is 3.56. The number of imidazole rings is 1. The van der Waals surface area contributed by atoms with E-state index in [0.29, 0.717) is 36.8 Å². The zero-order valence-electron chi connectivity index (χ0n) is 19.0. The van der Waals surface area contributed by atoms with Crippen LogP contribution in [0.25, 0.3) is 11.1 Å². The second-order valence-corrected chi connectivity index (χ2v) is 9.72. The van der Waals surface area contributed by atoms with Crippen LogP contribution in [0, 0.1) is 5.41 Å². The fourth-order valence-electron chi connectivity index (χ4n) is 4.25. The lowest BCUT2D eigenvalue weighted by Crippen LogP contribution is -2.36. The van der Waals surface area contributed by atoms with Crippen LogP contribution in [0.2, 0.25) is 5.02 Å². The largest absolute Gasteiger partial charge is 0.493 e. The van der Waals surface area contributed by atoms with Gasteiger partial charge >= 0.3 is 5.69 Å². The van der Waals surface area contributed by atoms with Gasteiger partial charge in [0.2, 0.25) is 5.88 Å². The number of carbonyl (C=O) groups excluding carboxylic acids is 1. The van der Waals surface area contributed by atoms with E-state index in [1.807, 2.05) is 51.1 Å². The van der Waals surface area contributed by atoms with Crippen molar-refractivity contribution in [3.63, 3.8) is 0 Å². The SMILES string of the molecule is CCn1c(O)cn(Cc2ccc(-c3cc(Cl)c4c(c3)CN(CC(C)(C)CO)C4=O)cc2)c1=O. The van der Waals surface area contributed by atoms with E-state index in [4.69, 9.17) is 11.6 Å². The number of hydrogen-bond acceptors (Lipinski definition) is 4. The number of rotatable bonds is 7. The fourth-order valence-corrected chi connectivity index (χ4v) is 4.57. The van der Waals surface area contributed by atoms with E-state index in [9.17, 15) is 19.8 Å². The predicted molar refractivity (Wildman–Crippen MR) is 128 cm³/mol. The summed E-state index contributed by atoms with van der Waals surface area (Å²) in [6.45, 7) is 7.32. The molecule has 0 spiro atoms. The first-order chi connectivity index (χ1) is 15.6. The maximum Gasteiger partial charge on any atom is 0.331 e. The second kappa shape index (κ2) is 8.72.